The van der Waals surface area contributed by atoms with E-state index in [1.54, 1.807) is 0 Å². The number of para-hydroxylation sites is 1. The number of rotatable bonds is 3. The SMILES string of the molecule is C1=C(c2c3ccccc3c(-c3cccc4ccccc34)c3ccccc23)C(c2ccccc2)Cc2oc3ccccc3c21. The lowest BCUT2D eigenvalue weighted by molar-refractivity contribution is 0.535. The van der Waals surface area contributed by atoms with Gasteiger partial charge in [-0.3, -0.25) is 0 Å². The fraction of sp³-hybridized carbons (Fsp3) is 0.0476. The summed E-state index contributed by atoms with van der Waals surface area (Å²) in [6.45, 7) is 0. The monoisotopic (exact) mass is 548 g/mol. The first kappa shape index (κ1) is 24.2. The van der Waals surface area contributed by atoms with Gasteiger partial charge in [0.15, 0.2) is 0 Å². The Morgan fingerprint density at radius 1 is 0.465 bits per heavy atom. The highest BCUT2D eigenvalue weighted by molar-refractivity contribution is 6.22. The Labute approximate surface area is 250 Å². The van der Waals surface area contributed by atoms with Crippen molar-refractivity contribution < 1.29 is 4.42 Å². The van der Waals surface area contributed by atoms with Crippen LogP contribution < -0.4 is 0 Å². The van der Waals surface area contributed by atoms with Crippen LogP contribution in [0, 0.1) is 0 Å². The molecule has 0 spiro atoms. The molecule has 0 aliphatic heterocycles. The summed E-state index contributed by atoms with van der Waals surface area (Å²) in [7, 11) is 0. The van der Waals surface area contributed by atoms with Gasteiger partial charge in [0.1, 0.15) is 11.3 Å². The Balaban J connectivity index is 1.42. The molecule has 0 fully saturated rings. The molecule has 0 N–H and O–H groups in total. The molecule has 1 aromatic heterocycles. The molecular weight excluding hydrogens is 520 g/mol. The maximum Gasteiger partial charge on any atom is 0.134 e. The van der Waals surface area contributed by atoms with Crippen LogP contribution in [0.15, 0.2) is 150 Å². The zero-order valence-corrected chi connectivity index (χ0v) is 23.6. The molecule has 43 heavy (non-hydrogen) atoms. The standard InChI is InChI=1S/C42H28O/c1-2-13-28(14-3-1)36-26-40-37(30-18-10-11-24-39(30)43-40)25-38(36)42-34-21-8-6-19-32(34)41(33-20-7-9-22-35(33)42)31-23-12-16-27-15-4-5-17-29(27)31/h1-25,36H,26H2. The lowest BCUT2D eigenvalue weighted by Gasteiger charge is -2.28. The van der Waals surface area contributed by atoms with Gasteiger partial charge in [0, 0.05) is 23.3 Å². The molecule has 0 bridgehead atoms. The van der Waals surface area contributed by atoms with Crippen molar-refractivity contribution in [2.45, 2.75) is 12.3 Å². The maximum absolute atomic E-state index is 6.47. The summed E-state index contributed by atoms with van der Waals surface area (Å²) in [5.41, 5.74) is 8.72. The summed E-state index contributed by atoms with van der Waals surface area (Å²) in [6, 6.07) is 52.8. The van der Waals surface area contributed by atoms with Crippen LogP contribution in [0.2, 0.25) is 0 Å². The van der Waals surface area contributed by atoms with Crippen LogP contribution in [0.4, 0.5) is 0 Å². The predicted molar refractivity (Wildman–Crippen MR) is 181 cm³/mol. The largest absolute Gasteiger partial charge is 0.460 e. The van der Waals surface area contributed by atoms with Gasteiger partial charge >= 0.3 is 0 Å². The second-order valence-corrected chi connectivity index (χ2v) is 11.6. The molecule has 8 aromatic rings. The van der Waals surface area contributed by atoms with Gasteiger partial charge in [-0.2, -0.15) is 0 Å². The van der Waals surface area contributed by atoms with E-state index in [2.05, 4.69) is 152 Å². The van der Waals surface area contributed by atoms with Crippen LogP contribution in [0.3, 0.4) is 0 Å². The van der Waals surface area contributed by atoms with E-state index in [1.807, 2.05) is 0 Å². The molecule has 0 amide bonds. The average Bonchev–Trinajstić information content (AvgIpc) is 3.44. The average molecular weight is 549 g/mol. The van der Waals surface area contributed by atoms with Crippen LogP contribution >= 0.6 is 0 Å². The van der Waals surface area contributed by atoms with Crippen LogP contribution in [0.1, 0.15) is 28.4 Å². The summed E-state index contributed by atoms with van der Waals surface area (Å²) in [5.74, 6) is 1.24. The molecular formula is C42H28O. The molecule has 1 nitrogen and oxygen atoms in total. The summed E-state index contributed by atoms with van der Waals surface area (Å²) in [6.07, 6.45) is 3.25. The molecule has 1 unspecified atom stereocenters. The van der Waals surface area contributed by atoms with Gasteiger partial charge in [-0.1, -0.05) is 140 Å². The first-order valence-corrected chi connectivity index (χ1v) is 15.0. The van der Waals surface area contributed by atoms with Gasteiger partial charge in [0.25, 0.3) is 0 Å². The van der Waals surface area contributed by atoms with Crippen molar-refractivity contribution in [2.24, 2.45) is 0 Å². The molecule has 1 heteroatoms. The molecule has 202 valence electrons. The van der Waals surface area contributed by atoms with Gasteiger partial charge < -0.3 is 4.42 Å². The first-order chi connectivity index (χ1) is 21.3. The van der Waals surface area contributed by atoms with Gasteiger partial charge in [-0.15, -0.1) is 0 Å². The lowest BCUT2D eigenvalue weighted by Crippen LogP contribution is -2.11. The van der Waals surface area contributed by atoms with E-state index in [0.29, 0.717) is 0 Å². The molecule has 1 heterocycles. The van der Waals surface area contributed by atoms with Crippen LogP contribution in [0.5, 0.6) is 0 Å². The third-order valence-electron chi connectivity index (χ3n) is 9.26. The second kappa shape index (κ2) is 9.58. The van der Waals surface area contributed by atoms with Crippen molar-refractivity contribution in [3.05, 3.63) is 168 Å². The molecule has 1 atom stereocenters. The minimum Gasteiger partial charge on any atom is -0.460 e. The predicted octanol–water partition coefficient (Wildman–Crippen LogP) is 11.4. The summed E-state index contributed by atoms with van der Waals surface area (Å²) in [5, 5.41) is 8.85. The Morgan fingerprint density at radius 3 is 1.74 bits per heavy atom. The quantitative estimate of drug-likeness (QED) is 0.200. The van der Waals surface area contributed by atoms with Crippen molar-refractivity contribution in [3.8, 4) is 11.1 Å². The number of hydrogen-bond donors (Lipinski definition) is 0. The summed E-state index contributed by atoms with van der Waals surface area (Å²) in [4.78, 5) is 0. The fourth-order valence-electron chi connectivity index (χ4n) is 7.38. The van der Waals surface area contributed by atoms with Gasteiger partial charge in [-0.25, -0.2) is 0 Å². The molecule has 0 radical (unpaired) electrons. The molecule has 0 saturated carbocycles. The summed E-state index contributed by atoms with van der Waals surface area (Å²) < 4.78 is 6.47. The number of furan rings is 1. The molecule has 1 aliphatic rings. The number of fused-ring (bicyclic) bond motifs is 6. The molecule has 9 rings (SSSR count). The maximum atomic E-state index is 6.47. The minimum absolute atomic E-state index is 0.171. The zero-order chi connectivity index (χ0) is 28.3. The van der Waals surface area contributed by atoms with E-state index in [4.69, 9.17) is 4.42 Å². The van der Waals surface area contributed by atoms with Crippen molar-refractivity contribution in [1.82, 2.24) is 0 Å². The number of allylic oxidation sites excluding steroid dienone is 1. The fourth-order valence-corrected chi connectivity index (χ4v) is 7.38. The van der Waals surface area contributed by atoms with Crippen molar-refractivity contribution in [2.75, 3.05) is 0 Å². The Hall–Kier alpha value is -5.40. The van der Waals surface area contributed by atoms with Gasteiger partial charge in [-0.05, 0) is 72.3 Å². The van der Waals surface area contributed by atoms with E-state index < -0.39 is 0 Å². The topological polar surface area (TPSA) is 13.1 Å². The normalized spacial score (nSPS) is 14.8. The third-order valence-corrected chi connectivity index (χ3v) is 9.26. The lowest BCUT2D eigenvalue weighted by atomic mass is 9.75. The highest BCUT2D eigenvalue weighted by Gasteiger charge is 2.30. The van der Waals surface area contributed by atoms with Crippen LogP contribution in [-0.4, -0.2) is 0 Å². The van der Waals surface area contributed by atoms with Gasteiger partial charge in [0.2, 0.25) is 0 Å². The number of benzene rings is 7. The summed E-state index contributed by atoms with van der Waals surface area (Å²) >= 11 is 0. The Morgan fingerprint density at radius 2 is 1.02 bits per heavy atom. The Bertz CT molecular complexity index is 2310. The third kappa shape index (κ3) is 3.72. The van der Waals surface area contributed by atoms with Gasteiger partial charge in [0.05, 0.1) is 0 Å². The number of hydrogen-bond acceptors (Lipinski definition) is 1. The zero-order valence-electron chi connectivity index (χ0n) is 23.6. The highest BCUT2D eigenvalue weighted by Crippen LogP contribution is 2.50. The van der Waals surface area contributed by atoms with Crippen LogP contribution in [-0.2, 0) is 6.42 Å². The van der Waals surface area contributed by atoms with E-state index in [9.17, 15) is 0 Å². The van der Waals surface area contributed by atoms with Crippen molar-refractivity contribution in [1.29, 1.82) is 0 Å². The second-order valence-electron chi connectivity index (χ2n) is 11.6. The Kier molecular flexibility index (Phi) is 5.39. The van der Waals surface area contributed by atoms with Crippen LogP contribution in [0.25, 0.3) is 66.1 Å². The first-order valence-electron chi connectivity index (χ1n) is 15.0. The molecule has 1 aliphatic carbocycles. The van der Waals surface area contributed by atoms with E-state index in [1.165, 1.54) is 71.1 Å². The van der Waals surface area contributed by atoms with Crippen molar-refractivity contribution in [3.63, 3.8) is 0 Å². The van der Waals surface area contributed by atoms with Crippen molar-refractivity contribution >= 4 is 54.9 Å². The van der Waals surface area contributed by atoms with E-state index >= 15 is 0 Å². The smallest absolute Gasteiger partial charge is 0.134 e. The minimum atomic E-state index is 0.171. The molecule has 0 saturated heterocycles. The van der Waals surface area contributed by atoms with E-state index in [-0.39, 0.29) is 5.92 Å². The molecule has 7 aromatic carbocycles. The van der Waals surface area contributed by atoms with E-state index in [0.717, 1.165) is 17.8 Å². The highest BCUT2D eigenvalue weighted by atomic mass is 16.3.